The van der Waals surface area contributed by atoms with Crippen LogP contribution in [0.25, 0.3) is 0 Å². The summed E-state index contributed by atoms with van der Waals surface area (Å²) in [6.07, 6.45) is 5.16. The Kier molecular flexibility index (Phi) is 6.84. The van der Waals surface area contributed by atoms with Gasteiger partial charge in [0.25, 0.3) is 0 Å². The molecule has 0 aliphatic carbocycles. The fourth-order valence-corrected chi connectivity index (χ4v) is 2.68. The third-order valence-electron chi connectivity index (χ3n) is 4.01. The van der Waals surface area contributed by atoms with Gasteiger partial charge in [-0.2, -0.15) is 0 Å². The van der Waals surface area contributed by atoms with Gasteiger partial charge in [0.2, 0.25) is 5.91 Å². The summed E-state index contributed by atoms with van der Waals surface area (Å²) < 4.78 is 0. The first kappa shape index (κ1) is 16.0. The molecule has 1 saturated heterocycles. The number of nitrogens with zero attached hydrogens (tertiary/aromatic N) is 1. The molecule has 0 spiro atoms. The Bertz CT molecular complexity index is 303. The fourth-order valence-electron chi connectivity index (χ4n) is 2.68. The van der Waals surface area contributed by atoms with E-state index in [0.717, 1.165) is 32.2 Å². The van der Waals surface area contributed by atoms with Gasteiger partial charge in [0, 0.05) is 25.4 Å². The summed E-state index contributed by atoms with van der Waals surface area (Å²) in [5, 5.41) is 8.77. The molecule has 19 heavy (non-hydrogen) atoms. The maximum atomic E-state index is 12.3. The second kappa shape index (κ2) is 8.15. The Morgan fingerprint density at radius 1 is 1.42 bits per heavy atom. The number of rotatable bonds is 7. The minimum atomic E-state index is -0.786. The highest BCUT2D eigenvalue weighted by Crippen LogP contribution is 2.23. The summed E-state index contributed by atoms with van der Waals surface area (Å²) in [5.41, 5.74) is 5.65. The lowest BCUT2D eigenvalue weighted by Gasteiger charge is -2.36. The zero-order valence-electron chi connectivity index (χ0n) is 11.8. The van der Waals surface area contributed by atoms with Crippen molar-refractivity contribution < 1.29 is 14.7 Å². The van der Waals surface area contributed by atoms with Crippen LogP contribution in [0.15, 0.2) is 0 Å². The zero-order valence-corrected chi connectivity index (χ0v) is 11.8. The second-order valence-corrected chi connectivity index (χ2v) is 5.38. The van der Waals surface area contributed by atoms with E-state index in [9.17, 15) is 9.59 Å². The van der Waals surface area contributed by atoms with Crippen molar-refractivity contribution in [2.75, 3.05) is 13.1 Å². The molecule has 3 N–H and O–H groups in total. The lowest BCUT2D eigenvalue weighted by atomic mass is 9.95. The maximum absolute atomic E-state index is 12.3. The molecule has 1 heterocycles. The molecule has 0 radical (unpaired) electrons. The minimum Gasteiger partial charge on any atom is -0.481 e. The Morgan fingerprint density at radius 3 is 2.74 bits per heavy atom. The molecule has 5 nitrogen and oxygen atoms in total. The van der Waals surface area contributed by atoms with E-state index in [1.807, 2.05) is 11.8 Å². The summed E-state index contributed by atoms with van der Waals surface area (Å²) in [6.45, 7) is 3.35. The lowest BCUT2D eigenvalue weighted by Crippen LogP contribution is -2.44. The van der Waals surface area contributed by atoms with Crippen molar-refractivity contribution in [3.05, 3.63) is 0 Å². The number of amides is 1. The molecule has 2 atom stereocenters. The van der Waals surface area contributed by atoms with Gasteiger partial charge in [-0.1, -0.05) is 13.3 Å². The average Bonchev–Trinajstić information content (AvgIpc) is 2.42. The van der Waals surface area contributed by atoms with Gasteiger partial charge < -0.3 is 15.7 Å². The molecular formula is C14H26N2O3. The number of aliphatic carboxylic acids is 1. The summed E-state index contributed by atoms with van der Waals surface area (Å²) >= 11 is 0. The minimum absolute atomic E-state index is 0.104. The average molecular weight is 270 g/mol. The molecule has 1 fully saturated rings. The third kappa shape index (κ3) is 5.19. The number of carboxylic acids is 1. The van der Waals surface area contributed by atoms with E-state index in [0.29, 0.717) is 19.4 Å². The monoisotopic (exact) mass is 270 g/mol. The second-order valence-electron chi connectivity index (χ2n) is 5.38. The van der Waals surface area contributed by atoms with Crippen LogP contribution >= 0.6 is 0 Å². The predicted octanol–water partition coefficient (Wildman–Crippen LogP) is 1.61. The number of nitrogens with two attached hydrogens (primary N) is 1. The number of carboxylic acid groups (broad SMARTS) is 1. The Hall–Kier alpha value is -1.10. The molecule has 0 bridgehead atoms. The lowest BCUT2D eigenvalue weighted by molar-refractivity contribution is -0.140. The Labute approximate surface area is 115 Å². The van der Waals surface area contributed by atoms with Gasteiger partial charge in [-0.05, 0) is 38.1 Å². The molecule has 0 saturated carbocycles. The Morgan fingerprint density at radius 2 is 2.16 bits per heavy atom. The van der Waals surface area contributed by atoms with E-state index < -0.39 is 5.97 Å². The highest BCUT2D eigenvalue weighted by Gasteiger charge is 2.27. The van der Waals surface area contributed by atoms with Crippen LogP contribution in [0.5, 0.6) is 0 Å². The van der Waals surface area contributed by atoms with E-state index in [2.05, 4.69) is 0 Å². The largest absolute Gasteiger partial charge is 0.481 e. The van der Waals surface area contributed by atoms with Crippen LogP contribution in [0.4, 0.5) is 0 Å². The summed E-state index contributed by atoms with van der Waals surface area (Å²) in [7, 11) is 0. The van der Waals surface area contributed by atoms with Crippen molar-refractivity contribution in [2.24, 2.45) is 11.7 Å². The highest BCUT2D eigenvalue weighted by molar-refractivity contribution is 5.77. The van der Waals surface area contributed by atoms with E-state index in [4.69, 9.17) is 10.8 Å². The van der Waals surface area contributed by atoms with Crippen LogP contribution in [0.1, 0.15) is 51.9 Å². The standard InChI is InChI=1S/C14H26N2O3/c1-2-11(10-15)9-13(17)16-8-4-3-5-12(16)6-7-14(18)19/h11-12H,2-10,15H2,1H3,(H,18,19). The number of likely N-dealkylation sites (tertiary alicyclic amines) is 1. The first-order valence-corrected chi connectivity index (χ1v) is 7.29. The number of carbonyl (C=O) groups is 2. The van der Waals surface area contributed by atoms with Gasteiger partial charge in [0.15, 0.2) is 0 Å². The van der Waals surface area contributed by atoms with E-state index >= 15 is 0 Å². The van der Waals surface area contributed by atoms with Crippen LogP contribution in [-0.4, -0.2) is 41.0 Å². The Balaban J connectivity index is 2.54. The van der Waals surface area contributed by atoms with Crippen molar-refractivity contribution in [3.63, 3.8) is 0 Å². The van der Waals surface area contributed by atoms with E-state index in [1.165, 1.54) is 0 Å². The molecule has 110 valence electrons. The zero-order chi connectivity index (χ0) is 14.3. The van der Waals surface area contributed by atoms with Gasteiger partial charge >= 0.3 is 5.97 Å². The number of piperidine rings is 1. The molecule has 0 aromatic heterocycles. The van der Waals surface area contributed by atoms with Crippen molar-refractivity contribution in [1.82, 2.24) is 4.90 Å². The molecule has 0 aromatic rings. The van der Waals surface area contributed by atoms with Crippen molar-refractivity contribution in [3.8, 4) is 0 Å². The molecular weight excluding hydrogens is 244 g/mol. The van der Waals surface area contributed by atoms with Crippen LogP contribution in [0.3, 0.4) is 0 Å². The number of hydrogen-bond acceptors (Lipinski definition) is 3. The van der Waals surface area contributed by atoms with Gasteiger partial charge in [-0.15, -0.1) is 0 Å². The van der Waals surface area contributed by atoms with E-state index in [1.54, 1.807) is 0 Å². The van der Waals surface area contributed by atoms with Crippen molar-refractivity contribution in [2.45, 2.75) is 57.9 Å². The summed E-state index contributed by atoms with van der Waals surface area (Å²) in [5.74, 6) is -0.395. The van der Waals surface area contributed by atoms with Crippen LogP contribution in [-0.2, 0) is 9.59 Å². The predicted molar refractivity (Wildman–Crippen MR) is 73.7 cm³/mol. The molecule has 2 unspecified atom stereocenters. The molecule has 1 aliphatic rings. The van der Waals surface area contributed by atoms with Gasteiger partial charge in [0.1, 0.15) is 0 Å². The fraction of sp³-hybridized carbons (Fsp3) is 0.857. The third-order valence-corrected chi connectivity index (χ3v) is 4.01. The smallest absolute Gasteiger partial charge is 0.303 e. The topological polar surface area (TPSA) is 83.6 Å². The van der Waals surface area contributed by atoms with Crippen molar-refractivity contribution >= 4 is 11.9 Å². The number of carbonyl (C=O) groups excluding carboxylic acids is 1. The van der Waals surface area contributed by atoms with Crippen LogP contribution in [0.2, 0.25) is 0 Å². The first-order valence-electron chi connectivity index (χ1n) is 7.29. The van der Waals surface area contributed by atoms with Gasteiger partial charge in [-0.3, -0.25) is 9.59 Å². The highest BCUT2D eigenvalue weighted by atomic mass is 16.4. The maximum Gasteiger partial charge on any atom is 0.303 e. The van der Waals surface area contributed by atoms with Gasteiger partial charge in [-0.25, -0.2) is 0 Å². The first-order chi connectivity index (χ1) is 9.08. The summed E-state index contributed by atoms with van der Waals surface area (Å²) in [4.78, 5) is 24.9. The number of hydrogen-bond donors (Lipinski definition) is 2. The van der Waals surface area contributed by atoms with E-state index in [-0.39, 0.29) is 24.3 Å². The quantitative estimate of drug-likeness (QED) is 0.736. The molecule has 0 aromatic carbocycles. The van der Waals surface area contributed by atoms with Crippen molar-refractivity contribution in [1.29, 1.82) is 0 Å². The van der Waals surface area contributed by atoms with Crippen LogP contribution in [0, 0.1) is 5.92 Å². The SMILES string of the molecule is CCC(CN)CC(=O)N1CCCCC1CCC(=O)O. The molecule has 5 heteroatoms. The molecule has 1 rings (SSSR count). The summed E-state index contributed by atoms with van der Waals surface area (Å²) in [6, 6.07) is 0.104. The molecule has 1 amide bonds. The normalized spacial score (nSPS) is 21.2. The molecule has 1 aliphatic heterocycles. The van der Waals surface area contributed by atoms with Crippen LogP contribution < -0.4 is 5.73 Å². The van der Waals surface area contributed by atoms with Gasteiger partial charge in [0.05, 0.1) is 0 Å².